The van der Waals surface area contributed by atoms with Gasteiger partial charge in [0.15, 0.2) is 0 Å². The van der Waals surface area contributed by atoms with Crippen LogP contribution in [0.1, 0.15) is 52.2 Å². The number of rotatable bonds is 4. The molecule has 1 aromatic heterocycles. The average molecular weight is 307 g/mol. The van der Waals surface area contributed by atoms with E-state index < -0.39 is 6.04 Å². The molecule has 114 valence electrons. The number of anilines is 1. The molecule has 0 radical (unpaired) electrons. The van der Waals surface area contributed by atoms with Crippen LogP contribution >= 0.6 is 11.3 Å². The van der Waals surface area contributed by atoms with Crippen LogP contribution in [0.15, 0.2) is 5.38 Å². The summed E-state index contributed by atoms with van der Waals surface area (Å²) in [4.78, 5) is 23.3. The number of carbonyl (C=O) groups is 2. The summed E-state index contributed by atoms with van der Waals surface area (Å²) >= 11 is 1.34. The molecule has 0 saturated heterocycles. The van der Waals surface area contributed by atoms with Gasteiger partial charge >= 0.3 is 0 Å². The molecule has 0 fully saturated rings. The highest BCUT2D eigenvalue weighted by atomic mass is 32.1. The number of carbonyl (C=O) groups excluding carboxylic acids is 2. The fourth-order valence-electron chi connectivity index (χ4n) is 1.91. The lowest BCUT2D eigenvalue weighted by Crippen LogP contribution is -2.42. The number of nitrogens with zero attached hydrogens (tertiary/aromatic N) is 1. The van der Waals surface area contributed by atoms with E-state index in [4.69, 9.17) is 0 Å². The van der Waals surface area contributed by atoms with E-state index in [2.05, 4.69) is 16.7 Å². The van der Waals surface area contributed by atoms with Crippen LogP contribution in [0.2, 0.25) is 0 Å². The van der Waals surface area contributed by atoms with Crippen molar-refractivity contribution in [1.29, 1.82) is 5.26 Å². The maximum atomic E-state index is 12.2. The van der Waals surface area contributed by atoms with Crippen molar-refractivity contribution in [2.75, 3.05) is 5.32 Å². The quantitative estimate of drug-likeness (QED) is 0.897. The molecule has 0 aliphatic carbocycles. The number of thiophene rings is 1. The first-order chi connectivity index (χ1) is 9.70. The number of hydrogen-bond acceptors (Lipinski definition) is 4. The summed E-state index contributed by atoms with van der Waals surface area (Å²) in [6.45, 7) is 9.26. The van der Waals surface area contributed by atoms with E-state index in [9.17, 15) is 14.9 Å². The van der Waals surface area contributed by atoms with Gasteiger partial charge < -0.3 is 10.6 Å². The van der Waals surface area contributed by atoms with Crippen molar-refractivity contribution in [2.24, 2.45) is 0 Å². The van der Waals surface area contributed by atoms with Crippen molar-refractivity contribution < 1.29 is 9.59 Å². The van der Waals surface area contributed by atoms with E-state index in [1.807, 2.05) is 33.1 Å². The molecule has 0 saturated carbocycles. The molecular formula is C15H21N3O2S. The van der Waals surface area contributed by atoms with Crippen LogP contribution in [0.3, 0.4) is 0 Å². The summed E-state index contributed by atoms with van der Waals surface area (Å²) in [5.41, 5.74) is 1.25. The average Bonchev–Trinajstić information content (AvgIpc) is 2.78. The zero-order valence-electron chi connectivity index (χ0n) is 13.0. The Bertz CT molecular complexity index is 579. The normalized spacial score (nSPS) is 12.4. The van der Waals surface area contributed by atoms with Gasteiger partial charge in [-0.25, -0.2) is 0 Å². The van der Waals surface area contributed by atoms with Crippen LogP contribution in [0, 0.1) is 11.3 Å². The van der Waals surface area contributed by atoms with Gasteiger partial charge in [0, 0.05) is 6.92 Å². The Morgan fingerprint density at radius 3 is 2.48 bits per heavy atom. The minimum absolute atomic E-state index is 0.160. The molecule has 1 atom stereocenters. The van der Waals surface area contributed by atoms with Crippen LogP contribution in [0.25, 0.3) is 0 Å². The molecule has 5 nitrogen and oxygen atoms in total. The monoisotopic (exact) mass is 307 g/mol. The Morgan fingerprint density at radius 1 is 1.43 bits per heavy atom. The summed E-state index contributed by atoms with van der Waals surface area (Å²) in [7, 11) is 0. The smallest absolute Gasteiger partial charge is 0.247 e. The Balaban J connectivity index is 2.99. The molecular weight excluding hydrogens is 286 g/mol. The maximum Gasteiger partial charge on any atom is 0.247 e. The number of amides is 2. The highest BCUT2D eigenvalue weighted by molar-refractivity contribution is 7.14. The maximum absolute atomic E-state index is 12.2. The van der Waals surface area contributed by atoms with Crippen molar-refractivity contribution in [3.63, 3.8) is 0 Å². The second-order valence-corrected chi connectivity index (χ2v) is 6.75. The Hall–Kier alpha value is -1.87. The van der Waals surface area contributed by atoms with Gasteiger partial charge in [0.25, 0.3) is 0 Å². The SMILES string of the molecule is CCC(NC(C)=O)C(=O)Nc1scc(C(C)(C)C)c1C#N. The van der Waals surface area contributed by atoms with Crippen molar-refractivity contribution >= 4 is 28.2 Å². The molecule has 2 N–H and O–H groups in total. The van der Waals surface area contributed by atoms with Gasteiger partial charge in [-0.15, -0.1) is 11.3 Å². The zero-order valence-corrected chi connectivity index (χ0v) is 13.9. The predicted octanol–water partition coefficient (Wildman–Crippen LogP) is 2.77. The van der Waals surface area contributed by atoms with Gasteiger partial charge in [-0.05, 0) is 22.8 Å². The molecule has 2 amide bonds. The molecule has 6 heteroatoms. The van der Waals surface area contributed by atoms with Gasteiger partial charge in [-0.1, -0.05) is 27.7 Å². The van der Waals surface area contributed by atoms with Gasteiger partial charge in [0.05, 0.1) is 5.56 Å². The van der Waals surface area contributed by atoms with Crippen molar-refractivity contribution in [2.45, 2.75) is 52.5 Å². The van der Waals surface area contributed by atoms with Crippen LogP contribution in [0.5, 0.6) is 0 Å². The predicted molar refractivity (Wildman–Crippen MR) is 84.3 cm³/mol. The lowest BCUT2D eigenvalue weighted by Gasteiger charge is -2.18. The number of hydrogen-bond donors (Lipinski definition) is 2. The standard InChI is InChI=1S/C15H21N3O2S/c1-6-12(17-9(2)19)13(20)18-14-10(7-16)11(8-21-14)15(3,4)5/h8,12H,6H2,1-5H3,(H,17,19)(H,18,20). The Kier molecular flexibility index (Phi) is 5.50. The number of nitrogens with one attached hydrogen (secondary N) is 2. The summed E-state index contributed by atoms with van der Waals surface area (Å²) in [5, 5.41) is 17.1. The molecule has 1 heterocycles. The van der Waals surface area contributed by atoms with Gasteiger partial charge in [0.2, 0.25) is 11.8 Å². The van der Waals surface area contributed by atoms with E-state index in [1.54, 1.807) is 0 Å². The fourth-order valence-corrected chi connectivity index (χ4v) is 3.05. The first-order valence-corrected chi connectivity index (χ1v) is 7.68. The third-order valence-electron chi connectivity index (χ3n) is 3.05. The molecule has 1 unspecified atom stereocenters. The zero-order chi connectivity index (χ0) is 16.2. The topological polar surface area (TPSA) is 82.0 Å². The van der Waals surface area contributed by atoms with Gasteiger partial charge in [-0.2, -0.15) is 5.26 Å². The molecule has 0 aliphatic heterocycles. The second-order valence-electron chi connectivity index (χ2n) is 5.87. The van der Waals surface area contributed by atoms with Crippen LogP contribution in [0.4, 0.5) is 5.00 Å². The van der Waals surface area contributed by atoms with Crippen LogP contribution in [-0.2, 0) is 15.0 Å². The molecule has 0 aromatic carbocycles. The fraction of sp³-hybridized carbons (Fsp3) is 0.533. The summed E-state index contributed by atoms with van der Waals surface area (Å²) in [6.07, 6.45) is 0.491. The summed E-state index contributed by atoms with van der Waals surface area (Å²) in [6, 6.07) is 1.57. The second kappa shape index (κ2) is 6.72. The largest absolute Gasteiger partial charge is 0.345 e. The van der Waals surface area contributed by atoms with Gasteiger partial charge in [-0.3, -0.25) is 9.59 Å². The lowest BCUT2D eigenvalue weighted by atomic mass is 9.86. The molecule has 1 rings (SSSR count). The van der Waals surface area contributed by atoms with E-state index in [1.165, 1.54) is 18.3 Å². The third-order valence-corrected chi connectivity index (χ3v) is 3.95. The molecule has 0 spiro atoms. The Labute approximate surface area is 129 Å². The minimum atomic E-state index is -0.589. The molecule has 0 bridgehead atoms. The summed E-state index contributed by atoms with van der Waals surface area (Å²) < 4.78 is 0. The van der Waals surface area contributed by atoms with Gasteiger partial charge in [0.1, 0.15) is 17.1 Å². The molecule has 1 aromatic rings. The number of nitriles is 1. The molecule has 21 heavy (non-hydrogen) atoms. The van der Waals surface area contributed by atoms with E-state index >= 15 is 0 Å². The van der Waals surface area contributed by atoms with E-state index in [0.717, 1.165) is 5.56 Å². The highest BCUT2D eigenvalue weighted by Crippen LogP contribution is 2.35. The minimum Gasteiger partial charge on any atom is -0.345 e. The van der Waals surface area contributed by atoms with Crippen molar-refractivity contribution in [1.82, 2.24) is 5.32 Å². The highest BCUT2D eigenvalue weighted by Gasteiger charge is 2.25. The van der Waals surface area contributed by atoms with E-state index in [0.29, 0.717) is 17.0 Å². The van der Waals surface area contributed by atoms with E-state index in [-0.39, 0.29) is 17.2 Å². The Morgan fingerprint density at radius 2 is 2.05 bits per heavy atom. The lowest BCUT2D eigenvalue weighted by molar-refractivity contribution is -0.125. The van der Waals surface area contributed by atoms with Crippen LogP contribution < -0.4 is 10.6 Å². The first-order valence-electron chi connectivity index (χ1n) is 6.80. The van der Waals surface area contributed by atoms with Crippen molar-refractivity contribution in [3.05, 3.63) is 16.5 Å². The molecule has 0 aliphatic rings. The van der Waals surface area contributed by atoms with Crippen molar-refractivity contribution in [3.8, 4) is 6.07 Å². The first kappa shape index (κ1) is 17.2. The van der Waals surface area contributed by atoms with Crippen LogP contribution in [-0.4, -0.2) is 17.9 Å². The summed E-state index contributed by atoms with van der Waals surface area (Å²) in [5.74, 6) is -0.550. The third kappa shape index (κ3) is 4.30.